The number of anilines is 1. The Labute approximate surface area is 195 Å². The zero-order valence-electron chi connectivity index (χ0n) is 18.2. The van der Waals surface area contributed by atoms with Crippen LogP contribution in [-0.4, -0.2) is 61.6 Å². The number of fused-ring (bicyclic) bond motifs is 2. The van der Waals surface area contributed by atoms with Crippen molar-refractivity contribution in [2.45, 2.75) is 19.9 Å². The fraction of sp³-hybridized carbons (Fsp3) is 0.261. The molecule has 1 aliphatic rings. The van der Waals surface area contributed by atoms with Gasteiger partial charge in [-0.05, 0) is 32.1 Å². The molecule has 0 bridgehead atoms. The summed E-state index contributed by atoms with van der Waals surface area (Å²) < 4.78 is 6.27. The quantitative estimate of drug-likeness (QED) is 0.458. The van der Waals surface area contributed by atoms with Gasteiger partial charge in [0.05, 0.1) is 17.1 Å². The molecule has 168 valence electrons. The predicted molar refractivity (Wildman–Crippen MR) is 127 cm³/mol. The number of rotatable bonds is 4. The molecule has 1 N–H and O–H groups in total. The van der Waals surface area contributed by atoms with Gasteiger partial charge in [-0.15, -0.1) is 0 Å². The molecular weight excluding hydrogens is 442 g/mol. The monoisotopic (exact) mass is 463 g/mol. The van der Waals surface area contributed by atoms with Crippen LogP contribution < -0.4 is 9.64 Å². The number of carbonyl (C=O) groups excluding carboxylic acids is 1. The van der Waals surface area contributed by atoms with Gasteiger partial charge in [0, 0.05) is 47.8 Å². The molecule has 33 heavy (non-hydrogen) atoms. The maximum absolute atomic E-state index is 12.1. The number of carbonyl (C=O) groups is 1. The van der Waals surface area contributed by atoms with E-state index in [1.807, 2.05) is 30.9 Å². The van der Waals surface area contributed by atoms with Crippen LogP contribution in [0.3, 0.4) is 0 Å². The summed E-state index contributed by atoms with van der Waals surface area (Å²) in [4.78, 5) is 29.5. The van der Waals surface area contributed by atoms with E-state index in [2.05, 4.69) is 36.6 Å². The summed E-state index contributed by atoms with van der Waals surface area (Å²) in [5.41, 5.74) is 2.16. The van der Waals surface area contributed by atoms with Crippen molar-refractivity contribution >= 4 is 45.1 Å². The fourth-order valence-corrected chi connectivity index (χ4v) is 4.43. The van der Waals surface area contributed by atoms with Gasteiger partial charge in [-0.3, -0.25) is 9.89 Å². The Morgan fingerprint density at radius 1 is 1.30 bits per heavy atom. The van der Waals surface area contributed by atoms with E-state index in [9.17, 15) is 4.79 Å². The Morgan fingerprint density at radius 2 is 2.15 bits per heavy atom. The van der Waals surface area contributed by atoms with Gasteiger partial charge in [0.1, 0.15) is 23.4 Å². The molecule has 1 saturated heterocycles. The van der Waals surface area contributed by atoms with E-state index in [1.165, 1.54) is 12.4 Å². The van der Waals surface area contributed by atoms with E-state index < -0.39 is 0 Å². The number of piperazine rings is 1. The molecule has 0 saturated carbocycles. The first-order valence-corrected chi connectivity index (χ1v) is 10.9. The summed E-state index contributed by atoms with van der Waals surface area (Å²) in [6.07, 6.45) is 6.25. The molecule has 1 aliphatic heterocycles. The Balaban J connectivity index is 1.53. The van der Waals surface area contributed by atoms with Gasteiger partial charge in [0.25, 0.3) is 0 Å². The summed E-state index contributed by atoms with van der Waals surface area (Å²) in [7, 11) is 0. The second-order valence-corrected chi connectivity index (χ2v) is 8.39. The number of ether oxygens (including phenoxy) is 1. The largest absolute Gasteiger partial charge is 0.436 e. The Kier molecular flexibility index (Phi) is 5.33. The highest BCUT2D eigenvalue weighted by Gasteiger charge is 2.28. The van der Waals surface area contributed by atoms with Crippen LogP contribution in [0.25, 0.3) is 21.8 Å². The van der Waals surface area contributed by atoms with Crippen molar-refractivity contribution in [2.75, 3.05) is 24.5 Å². The molecule has 4 aromatic rings. The summed E-state index contributed by atoms with van der Waals surface area (Å²) in [6, 6.07) is 3.72. The van der Waals surface area contributed by atoms with E-state index in [0.717, 1.165) is 27.7 Å². The Morgan fingerprint density at radius 3 is 2.94 bits per heavy atom. The van der Waals surface area contributed by atoms with E-state index in [0.29, 0.717) is 41.8 Å². The lowest BCUT2D eigenvalue weighted by Crippen LogP contribution is -2.54. The SMILES string of the molecule is C=CC(=O)N1CCN(c2ncnc3c(Oc4c(C)c(Cl)cc5[nH]ncc45)nccc23)CC1C. The number of benzene rings is 1. The number of H-pyrrole nitrogens is 1. The van der Waals surface area contributed by atoms with E-state index >= 15 is 0 Å². The predicted octanol–water partition coefficient (Wildman–Crippen LogP) is 3.88. The summed E-state index contributed by atoms with van der Waals surface area (Å²) in [5.74, 6) is 1.66. The topological polar surface area (TPSA) is 100 Å². The Bertz CT molecular complexity index is 1390. The molecule has 10 heteroatoms. The third-order valence-electron chi connectivity index (χ3n) is 5.97. The number of aromatic amines is 1. The van der Waals surface area contributed by atoms with Crippen LogP contribution in [0.5, 0.6) is 11.6 Å². The molecule has 4 heterocycles. The molecule has 1 fully saturated rings. The molecular formula is C23H22ClN7O2. The number of amides is 1. The van der Waals surface area contributed by atoms with Crippen LogP contribution in [0, 0.1) is 6.92 Å². The van der Waals surface area contributed by atoms with Crippen molar-refractivity contribution in [2.24, 2.45) is 0 Å². The number of pyridine rings is 1. The van der Waals surface area contributed by atoms with E-state index in [1.54, 1.807) is 12.4 Å². The van der Waals surface area contributed by atoms with Crippen molar-refractivity contribution in [3.63, 3.8) is 0 Å². The van der Waals surface area contributed by atoms with Crippen molar-refractivity contribution in [1.29, 1.82) is 0 Å². The van der Waals surface area contributed by atoms with Crippen LogP contribution in [0.15, 0.2) is 43.5 Å². The summed E-state index contributed by atoms with van der Waals surface area (Å²) >= 11 is 6.40. The standard InChI is InChI=1S/C23H22ClN7O2/c1-4-19(32)31-8-7-30(11-13(31)2)22-15-5-6-25-23(20(15)26-12-27-22)33-21-14(3)17(24)9-18-16(21)10-28-29-18/h4-6,9-10,12-13H,1,7-8,11H2,2-3H3,(H,28,29). The third kappa shape index (κ3) is 3.64. The van der Waals surface area contributed by atoms with Gasteiger partial charge in [-0.25, -0.2) is 15.0 Å². The van der Waals surface area contributed by atoms with Crippen LogP contribution >= 0.6 is 11.6 Å². The summed E-state index contributed by atoms with van der Waals surface area (Å²) in [6.45, 7) is 9.39. The number of hydrogen-bond donors (Lipinski definition) is 1. The van der Waals surface area contributed by atoms with Gasteiger partial charge < -0.3 is 14.5 Å². The van der Waals surface area contributed by atoms with Crippen molar-refractivity contribution in [3.05, 3.63) is 54.1 Å². The van der Waals surface area contributed by atoms with E-state index in [-0.39, 0.29) is 11.9 Å². The van der Waals surface area contributed by atoms with Crippen molar-refractivity contribution < 1.29 is 9.53 Å². The molecule has 0 spiro atoms. The van der Waals surface area contributed by atoms with E-state index in [4.69, 9.17) is 16.3 Å². The lowest BCUT2D eigenvalue weighted by molar-refractivity contribution is -0.128. The summed E-state index contributed by atoms with van der Waals surface area (Å²) in [5, 5.41) is 9.22. The minimum atomic E-state index is -0.0583. The molecule has 1 atom stereocenters. The average Bonchev–Trinajstić information content (AvgIpc) is 3.29. The average molecular weight is 464 g/mol. The second-order valence-electron chi connectivity index (χ2n) is 7.99. The highest BCUT2D eigenvalue weighted by atomic mass is 35.5. The maximum Gasteiger partial charge on any atom is 0.246 e. The smallest absolute Gasteiger partial charge is 0.246 e. The highest BCUT2D eigenvalue weighted by molar-refractivity contribution is 6.32. The number of nitrogens with one attached hydrogen (secondary N) is 1. The van der Waals surface area contributed by atoms with Crippen LogP contribution in [-0.2, 0) is 4.79 Å². The van der Waals surface area contributed by atoms with Gasteiger partial charge in [-0.2, -0.15) is 5.10 Å². The van der Waals surface area contributed by atoms with Crippen LogP contribution in [0.4, 0.5) is 5.82 Å². The number of halogens is 1. The second kappa shape index (κ2) is 8.32. The maximum atomic E-state index is 12.1. The number of nitrogens with zero attached hydrogens (tertiary/aromatic N) is 6. The first kappa shape index (κ1) is 21.1. The molecule has 5 rings (SSSR count). The van der Waals surface area contributed by atoms with Gasteiger partial charge in [0.15, 0.2) is 0 Å². The minimum Gasteiger partial charge on any atom is -0.436 e. The minimum absolute atomic E-state index is 0.0234. The first-order chi connectivity index (χ1) is 16.0. The van der Waals surface area contributed by atoms with Crippen molar-refractivity contribution in [3.8, 4) is 11.6 Å². The fourth-order valence-electron chi connectivity index (χ4n) is 4.23. The highest BCUT2D eigenvalue weighted by Crippen LogP contribution is 2.38. The molecule has 1 unspecified atom stereocenters. The number of aromatic nitrogens is 5. The van der Waals surface area contributed by atoms with Crippen molar-refractivity contribution in [1.82, 2.24) is 30.0 Å². The first-order valence-electron chi connectivity index (χ1n) is 10.6. The van der Waals surface area contributed by atoms with Gasteiger partial charge in [0.2, 0.25) is 11.8 Å². The molecule has 0 aliphatic carbocycles. The molecule has 1 amide bonds. The number of hydrogen-bond acceptors (Lipinski definition) is 7. The Hall–Kier alpha value is -3.72. The molecule has 1 aromatic carbocycles. The molecule has 3 aromatic heterocycles. The van der Waals surface area contributed by atoms with Gasteiger partial charge in [-0.1, -0.05) is 18.2 Å². The van der Waals surface area contributed by atoms with Crippen LogP contribution in [0.2, 0.25) is 5.02 Å². The lowest BCUT2D eigenvalue weighted by atomic mass is 10.1. The third-order valence-corrected chi connectivity index (χ3v) is 6.36. The lowest BCUT2D eigenvalue weighted by Gasteiger charge is -2.40. The normalized spacial score (nSPS) is 16.4. The zero-order valence-corrected chi connectivity index (χ0v) is 19.0. The molecule has 0 radical (unpaired) electrons. The zero-order chi connectivity index (χ0) is 23.1. The molecule has 9 nitrogen and oxygen atoms in total. The van der Waals surface area contributed by atoms with Crippen LogP contribution in [0.1, 0.15) is 12.5 Å². The van der Waals surface area contributed by atoms with Gasteiger partial charge >= 0.3 is 0 Å².